The van der Waals surface area contributed by atoms with Crippen molar-refractivity contribution in [3.8, 4) is 0 Å². The van der Waals surface area contributed by atoms with Crippen LogP contribution in [0.1, 0.15) is 55.8 Å². The number of rotatable bonds is 7. The van der Waals surface area contributed by atoms with E-state index < -0.39 is 0 Å². The molecule has 2 N–H and O–H groups in total. The van der Waals surface area contributed by atoms with Crippen LogP contribution in [0.25, 0.3) is 10.2 Å². The first kappa shape index (κ1) is 21.4. The molecule has 0 spiro atoms. The topological polar surface area (TPSA) is 104 Å². The Balaban J connectivity index is 1.44. The third-order valence-corrected chi connectivity index (χ3v) is 6.48. The number of amides is 2. The number of thiazole rings is 1. The Labute approximate surface area is 185 Å². The third-order valence-electron chi connectivity index (χ3n) is 5.38. The number of aromatic nitrogens is 4. The Morgan fingerprint density at radius 1 is 1.29 bits per heavy atom. The van der Waals surface area contributed by atoms with Gasteiger partial charge in [-0.2, -0.15) is 5.10 Å². The molecule has 3 aromatic rings. The summed E-state index contributed by atoms with van der Waals surface area (Å²) in [5, 5.41) is 11.2. The predicted molar refractivity (Wildman–Crippen MR) is 120 cm³/mol. The zero-order valence-electron chi connectivity index (χ0n) is 18.1. The number of aryl methyl sites for hydroxylation is 2. The number of fused-ring (bicyclic) bond motifs is 1. The molecule has 4 rings (SSSR count). The van der Waals surface area contributed by atoms with E-state index in [0.717, 1.165) is 15.2 Å². The zero-order valence-corrected chi connectivity index (χ0v) is 18.9. The number of likely N-dealkylation sites (tertiary alicyclic amines) is 1. The van der Waals surface area contributed by atoms with E-state index in [9.17, 15) is 9.59 Å². The number of carbonyl (C=O) groups excluding carboxylic acids is 2. The van der Waals surface area contributed by atoms with Gasteiger partial charge in [0.2, 0.25) is 11.8 Å². The maximum Gasteiger partial charge on any atom is 0.223 e. The van der Waals surface area contributed by atoms with Crippen LogP contribution in [0.3, 0.4) is 0 Å². The van der Waals surface area contributed by atoms with E-state index in [0.29, 0.717) is 49.8 Å². The highest BCUT2D eigenvalue weighted by Crippen LogP contribution is 2.31. The molecule has 0 saturated carbocycles. The van der Waals surface area contributed by atoms with Crippen LogP contribution in [0.4, 0.5) is 0 Å². The van der Waals surface area contributed by atoms with E-state index in [-0.39, 0.29) is 23.9 Å². The first-order chi connectivity index (χ1) is 14.9. The summed E-state index contributed by atoms with van der Waals surface area (Å²) < 4.78 is 1.13. The Kier molecular flexibility index (Phi) is 6.31. The van der Waals surface area contributed by atoms with E-state index in [4.69, 9.17) is 0 Å². The highest BCUT2D eigenvalue weighted by atomic mass is 32.1. The van der Waals surface area contributed by atoms with Crippen LogP contribution >= 0.6 is 11.3 Å². The van der Waals surface area contributed by atoms with Crippen molar-refractivity contribution in [2.75, 3.05) is 6.54 Å². The lowest BCUT2D eigenvalue weighted by atomic mass is 10.1. The molecule has 2 unspecified atom stereocenters. The summed E-state index contributed by atoms with van der Waals surface area (Å²) in [5.74, 6) is 1.66. The zero-order chi connectivity index (χ0) is 22.0. The second-order valence-electron chi connectivity index (χ2n) is 8.51. The van der Waals surface area contributed by atoms with Gasteiger partial charge in [0.1, 0.15) is 5.82 Å². The standard InChI is InChI=1S/C22H28N6O2S/c1-13(2)10-19(29)24-15-11-17(22-23-14(3)26-27-22)28(12-15)21(30)9-8-20-25-16-6-4-5-7-18(16)31-20/h4-7,13,15,17H,8-12H2,1-3H3,(H,24,29)(H,23,26,27). The molecular formula is C22H28N6O2S. The predicted octanol–water partition coefficient (Wildman–Crippen LogP) is 3.16. The van der Waals surface area contributed by atoms with Gasteiger partial charge in [0.15, 0.2) is 5.82 Å². The number of nitrogens with one attached hydrogen (secondary N) is 2. The molecule has 1 aliphatic rings. The molecule has 0 aliphatic carbocycles. The molecule has 2 aromatic heterocycles. The minimum atomic E-state index is -0.239. The molecular weight excluding hydrogens is 412 g/mol. The van der Waals surface area contributed by atoms with Gasteiger partial charge in [-0.3, -0.25) is 14.7 Å². The number of benzene rings is 1. The van der Waals surface area contributed by atoms with E-state index in [1.54, 1.807) is 11.3 Å². The van der Waals surface area contributed by atoms with Crippen molar-refractivity contribution in [2.45, 2.75) is 58.5 Å². The van der Waals surface area contributed by atoms with Gasteiger partial charge in [-0.1, -0.05) is 26.0 Å². The van der Waals surface area contributed by atoms with Crippen molar-refractivity contribution in [2.24, 2.45) is 5.92 Å². The maximum atomic E-state index is 13.2. The van der Waals surface area contributed by atoms with Crippen molar-refractivity contribution in [3.63, 3.8) is 0 Å². The van der Waals surface area contributed by atoms with Crippen molar-refractivity contribution in [3.05, 3.63) is 40.9 Å². The number of para-hydroxylation sites is 1. The molecule has 8 nitrogen and oxygen atoms in total. The third kappa shape index (κ3) is 5.10. The number of H-pyrrole nitrogens is 1. The summed E-state index contributed by atoms with van der Waals surface area (Å²) in [5.41, 5.74) is 0.970. The molecule has 1 aromatic carbocycles. The van der Waals surface area contributed by atoms with E-state index >= 15 is 0 Å². The molecule has 0 radical (unpaired) electrons. The van der Waals surface area contributed by atoms with Crippen LogP contribution in [-0.4, -0.2) is 49.5 Å². The highest BCUT2D eigenvalue weighted by Gasteiger charge is 2.38. The van der Waals surface area contributed by atoms with Crippen LogP contribution in [-0.2, 0) is 16.0 Å². The summed E-state index contributed by atoms with van der Waals surface area (Å²) in [6, 6.07) is 7.67. The summed E-state index contributed by atoms with van der Waals surface area (Å²) >= 11 is 1.63. The lowest BCUT2D eigenvalue weighted by molar-refractivity contribution is -0.132. The monoisotopic (exact) mass is 440 g/mol. The molecule has 9 heteroatoms. The van der Waals surface area contributed by atoms with Crippen LogP contribution in [0.15, 0.2) is 24.3 Å². The highest BCUT2D eigenvalue weighted by molar-refractivity contribution is 7.18. The van der Waals surface area contributed by atoms with Crippen molar-refractivity contribution in [1.29, 1.82) is 0 Å². The Hall–Kier alpha value is -2.81. The second-order valence-corrected chi connectivity index (χ2v) is 9.63. The molecule has 0 bridgehead atoms. The van der Waals surface area contributed by atoms with E-state index in [1.807, 2.05) is 49.9 Å². The lowest BCUT2D eigenvalue weighted by Gasteiger charge is -2.22. The molecule has 164 valence electrons. The lowest BCUT2D eigenvalue weighted by Crippen LogP contribution is -2.39. The van der Waals surface area contributed by atoms with Crippen LogP contribution in [0.2, 0.25) is 0 Å². The Bertz CT molecular complexity index is 1040. The fraction of sp³-hybridized carbons (Fsp3) is 0.500. The summed E-state index contributed by atoms with van der Waals surface area (Å²) in [4.78, 5) is 36.3. The minimum Gasteiger partial charge on any atom is -0.351 e. The Morgan fingerprint density at radius 3 is 2.81 bits per heavy atom. The van der Waals surface area contributed by atoms with Gasteiger partial charge in [-0.15, -0.1) is 11.3 Å². The minimum absolute atomic E-state index is 0.0219. The van der Waals surface area contributed by atoms with Crippen molar-refractivity contribution in [1.82, 2.24) is 30.4 Å². The van der Waals surface area contributed by atoms with Crippen LogP contribution in [0, 0.1) is 12.8 Å². The van der Waals surface area contributed by atoms with Gasteiger partial charge >= 0.3 is 0 Å². The summed E-state index contributed by atoms with van der Waals surface area (Å²) in [6.07, 6.45) is 2.06. The van der Waals surface area contributed by atoms with Gasteiger partial charge in [0.25, 0.3) is 0 Å². The average Bonchev–Trinajstić information content (AvgIpc) is 3.42. The molecule has 3 heterocycles. The fourth-order valence-electron chi connectivity index (χ4n) is 4.01. The number of aromatic amines is 1. The summed E-state index contributed by atoms with van der Waals surface area (Å²) in [7, 11) is 0. The molecule has 1 fully saturated rings. The first-order valence-corrected chi connectivity index (χ1v) is 11.5. The Morgan fingerprint density at radius 2 is 2.10 bits per heavy atom. The molecule has 2 atom stereocenters. The van der Waals surface area contributed by atoms with Crippen molar-refractivity contribution >= 4 is 33.4 Å². The molecule has 1 aliphatic heterocycles. The fourth-order valence-corrected chi connectivity index (χ4v) is 4.98. The van der Waals surface area contributed by atoms with Crippen LogP contribution in [0.5, 0.6) is 0 Å². The smallest absolute Gasteiger partial charge is 0.223 e. The maximum absolute atomic E-state index is 13.2. The van der Waals surface area contributed by atoms with E-state index in [1.165, 1.54) is 0 Å². The van der Waals surface area contributed by atoms with Gasteiger partial charge in [-0.05, 0) is 31.4 Å². The second kappa shape index (κ2) is 9.13. The van der Waals surface area contributed by atoms with Gasteiger partial charge < -0.3 is 10.2 Å². The van der Waals surface area contributed by atoms with E-state index in [2.05, 4.69) is 25.5 Å². The largest absolute Gasteiger partial charge is 0.351 e. The average molecular weight is 441 g/mol. The van der Waals surface area contributed by atoms with Gasteiger partial charge in [-0.25, -0.2) is 9.97 Å². The SMILES string of the molecule is Cc1nc(C2CC(NC(=O)CC(C)C)CN2C(=O)CCc2nc3ccccc3s2)n[nH]1. The molecule has 2 amide bonds. The van der Waals surface area contributed by atoms with Crippen molar-refractivity contribution < 1.29 is 9.59 Å². The normalized spacial score (nSPS) is 18.8. The number of nitrogens with zero attached hydrogens (tertiary/aromatic N) is 4. The number of hydrogen-bond donors (Lipinski definition) is 2. The quantitative estimate of drug-likeness (QED) is 0.587. The number of carbonyl (C=O) groups is 2. The molecule has 1 saturated heterocycles. The first-order valence-electron chi connectivity index (χ1n) is 10.7. The molecule has 31 heavy (non-hydrogen) atoms. The number of hydrogen-bond acceptors (Lipinski definition) is 6. The van der Waals surface area contributed by atoms with Gasteiger partial charge in [0, 0.05) is 31.8 Å². The van der Waals surface area contributed by atoms with Crippen LogP contribution < -0.4 is 5.32 Å². The van der Waals surface area contributed by atoms with Gasteiger partial charge in [0.05, 0.1) is 21.3 Å². The summed E-state index contributed by atoms with van der Waals surface area (Å²) in [6.45, 7) is 6.35.